The third-order valence-corrected chi connectivity index (χ3v) is 3.60. The number of nitrogens with one attached hydrogen (secondary N) is 3. The second-order valence-corrected chi connectivity index (χ2v) is 6.46. The van der Waals surface area contributed by atoms with Crippen LogP contribution >= 0.6 is 0 Å². The number of carbonyl (C=O) groups is 3. The summed E-state index contributed by atoms with van der Waals surface area (Å²) in [5.41, 5.74) is 1.31. The third-order valence-electron chi connectivity index (χ3n) is 3.60. The number of hydrogen-bond donors (Lipinski definition) is 4. The highest BCUT2D eigenvalue weighted by Gasteiger charge is 2.11. The quantitative estimate of drug-likeness (QED) is 0.588. The molecule has 0 aliphatic heterocycles. The minimum atomic E-state index is -1.14. The van der Waals surface area contributed by atoms with Crippen molar-refractivity contribution in [3.05, 3.63) is 63.6 Å². The van der Waals surface area contributed by atoms with Gasteiger partial charge in [-0.15, -0.1) is 0 Å². The van der Waals surface area contributed by atoms with Gasteiger partial charge in [0.2, 0.25) is 5.56 Å². The van der Waals surface area contributed by atoms with Crippen molar-refractivity contribution >= 4 is 23.5 Å². The van der Waals surface area contributed by atoms with Gasteiger partial charge < -0.3 is 20.7 Å². The topological polar surface area (TPSA) is 128 Å². The summed E-state index contributed by atoms with van der Waals surface area (Å²) in [6.45, 7) is 3.55. The van der Waals surface area contributed by atoms with Crippen LogP contribution in [0.15, 0.2) is 41.2 Å². The molecule has 0 unspecified atom stereocenters. The van der Waals surface area contributed by atoms with Gasteiger partial charge in [-0.05, 0) is 42.7 Å². The van der Waals surface area contributed by atoms with Gasteiger partial charge >= 0.3 is 5.97 Å². The number of amides is 2. The lowest BCUT2D eigenvalue weighted by Gasteiger charge is -2.09. The number of rotatable bonds is 7. The summed E-state index contributed by atoms with van der Waals surface area (Å²) in [6.07, 6.45) is 0.649. The molecule has 0 fully saturated rings. The Balaban J connectivity index is 2.07. The second kappa shape index (κ2) is 8.79. The number of carboxylic acid groups (broad SMARTS) is 1. The van der Waals surface area contributed by atoms with Crippen LogP contribution in [0.5, 0.6) is 0 Å². The van der Waals surface area contributed by atoms with Crippen LogP contribution in [0.4, 0.5) is 5.69 Å². The molecule has 8 heteroatoms. The summed E-state index contributed by atoms with van der Waals surface area (Å²) in [5, 5.41) is 13.5. The van der Waals surface area contributed by atoms with E-state index in [9.17, 15) is 19.2 Å². The molecule has 0 atom stereocenters. The summed E-state index contributed by atoms with van der Waals surface area (Å²) in [6, 6.07) is 8.85. The van der Waals surface area contributed by atoms with Crippen LogP contribution in [0.2, 0.25) is 0 Å². The zero-order valence-corrected chi connectivity index (χ0v) is 15.0. The molecular formula is C19H21N3O5. The van der Waals surface area contributed by atoms with Crippen molar-refractivity contribution < 1.29 is 19.5 Å². The molecule has 27 heavy (non-hydrogen) atoms. The Morgan fingerprint density at radius 2 is 1.70 bits per heavy atom. The zero-order chi connectivity index (χ0) is 20.0. The third kappa shape index (κ3) is 6.10. The van der Waals surface area contributed by atoms with Crippen LogP contribution in [0.3, 0.4) is 0 Å². The van der Waals surface area contributed by atoms with Crippen molar-refractivity contribution in [1.29, 1.82) is 0 Å². The summed E-state index contributed by atoms with van der Waals surface area (Å²) >= 11 is 0. The molecule has 8 nitrogen and oxygen atoms in total. The number of anilines is 1. The maximum atomic E-state index is 12.4. The van der Waals surface area contributed by atoms with Crippen LogP contribution in [0.1, 0.15) is 40.3 Å². The van der Waals surface area contributed by atoms with E-state index in [1.54, 1.807) is 6.07 Å². The molecule has 0 saturated carbocycles. The number of aromatic nitrogens is 1. The minimum Gasteiger partial charge on any atom is -0.480 e. The Morgan fingerprint density at radius 1 is 1.04 bits per heavy atom. The van der Waals surface area contributed by atoms with Crippen molar-refractivity contribution in [2.45, 2.75) is 20.3 Å². The highest BCUT2D eigenvalue weighted by atomic mass is 16.4. The Hall–Kier alpha value is -3.42. The Bertz CT molecular complexity index is 900. The first-order valence-corrected chi connectivity index (χ1v) is 8.39. The molecule has 4 N–H and O–H groups in total. The van der Waals surface area contributed by atoms with Crippen molar-refractivity contribution in [2.24, 2.45) is 5.92 Å². The van der Waals surface area contributed by atoms with Gasteiger partial charge in [-0.1, -0.05) is 13.8 Å². The van der Waals surface area contributed by atoms with Gasteiger partial charge in [0.05, 0.1) is 0 Å². The lowest BCUT2D eigenvalue weighted by atomic mass is 10.1. The van der Waals surface area contributed by atoms with E-state index in [-0.39, 0.29) is 16.7 Å². The van der Waals surface area contributed by atoms with Gasteiger partial charge in [-0.25, -0.2) is 0 Å². The fourth-order valence-electron chi connectivity index (χ4n) is 2.45. The lowest BCUT2D eigenvalue weighted by molar-refractivity contribution is -0.135. The van der Waals surface area contributed by atoms with Gasteiger partial charge in [-0.3, -0.25) is 19.2 Å². The van der Waals surface area contributed by atoms with Gasteiger partial charge in [0.25, 0.3) is 11.8 Å². The van der Waals surface area contributed by atoms with Crippen LogP contribution in [-0.4, -0.2) is 34.4 Å². The number of aromatic amines is 1. The predicted octanol–water partition coefficient (Wildman–Crippen LogP) is 1.64. The normalized spacial score (nSPS) is 10.5. The summed E-state index contributed by atoms with van der Waals surface area (Å²) in [7, 11) is 0. The fraction of sp³-hybridized carbons (Fsp3) is 0.263. The molecular weight excluding hydrogens is 350 g/mol. The average molecular weight is 371 g/mol. The predicted molar refractivity (Wildman–Crippen MR) is 100.0 cm³/mol. The van der Waals surface area contributed by atoms with E-state index in [4.69, 9.17) is 5.11 Å². The van der Waals surface area contributed by atoms with E-state index in [1.165, 1.54) is 30.3 Å². The van der Waals surface area contributed by atoms with Crippen molar-refractivity contribution in [3.63, 3.8) is 0 Å². The van der Waals surface area contributed by atoms with E-state index in [0.717, 1.165) is 0 Å². The van der Waals surface area contributed by atoms with Gasteiger partial charge in [0.1, 0.15) is 6.54 Å². The molecule has 2 aromatic rings. The van der Waals surface area contributed by atoms with E-state index in [1.807, 2.05) is 13.8 Å². The van der Waals surface area contributed by atoms with Crippen LogP contribution in [0.25, 0.3) is 0 Å². The van der Waals surface area contributed by atoms with E-state index >= 15 is 0 Å². The maximum Gasteiger partial charge on any atom is 0.322 e. The smallest absolute Gasteiger partial charge is 0.322 e. The van der Waals surface area contributed by atoms with Gasteiger partial charge in [0, 0.05) is 28.6 Å². The van der Waals surface area contributed by atoms with Gasteiger partial charge in [-0.2, -0.15) is 0 Å². The first-order valence-electron chi connectivity index (χ1n) is 8.39. The zero-order valence-electron chi connectivity index (χ0n) is 15.0. The molecule has 0 aliphatic carbocycles. The number of H-pyrrole nitrogens is 1. The van der Waals surface area contributed by atoms with E-state index in [0.29, 0.717) is 23.7 Å². The average Bonchev–Trinajstić information content (AvgIpc) is 2.59. The number of hydrogen-bond acceptors (Lipinski definition) is 4. The SMILES string of the molecule is CC(C)Cc1cc(C(=O)Nc2ccc(C(=O)NCC(=O)O)cc2)cc(=O)[nH]1. The molecule has 0 bridgehead atoms. The molecule has 0 aliphatic rings. The monoisotopic (exact) mass is 371 g/mol. The maximum absolute atomic E-state index is 12.4. The number of benzene rings is 1. The highest BCUT2D eigenvalue weighted by Crippen LogP contribution is 2.12. The molecule has 142 valence electrons. The Labute approximate surface area is 155 Å². The van der Waals surface area contributed by atoms with Crippen LogP contribution in [0, 0.1) is 5.92 Å². The van der Waals surface area contributed by atoms with Crippen molar-refractivity contribution in [1.82, 2.24) is 10.3 Å². The molecule has 2 rings (SSSR count). The summed E-state index contributed by atoms with van der Waals surface area (Å²) < 4.78 is 0. The van der Waals surface area contributed by atoms with Gasteiger partial charge in [0.15, 0.2) is 0 Å². The first kappa shape index (κ1) is 19.9. The van der Waals surface area contributed by atoms with E-state index < -0.39 is 24.3 Å². The summed E-state index contributed by atoms with van der Waals surface area (Å²) in [4.78, 5) is 49.1. The molecule has 2 amide bonds. The van der Waals surface area contributed by atoms with E-state index in [2.05, 4.69) is 15.6 Å². The minimum absolute atomic E-state index is 0.248. The summed E-state index contributed by atoms with van der Waals surface area (Å²) in [5.74, 6) is -1.77. The number of aliphatic carboxylic acids is 1. The lowest BCUT2D eigenvalue weighted by Crippen LogP contribution is -2.29. The standard InChI is InChI=1S/C19H21N3O5/c1-11(2)7-15-8-13(9-16(23)21-15)19(27)22-14-5-3-12(4-6-14)18(26)20-10-17(24)25/h3-6,8-9,11H,7,10H2,1-2H3,(H,20,26)(H,21,23)(H,22,27)(H,24,25). The molecule has 1 aromatic carbocycles. The highest BCUT2D eigenvalue weighted by molar-refractivity contribution is 6.04. The van der Waals surface area contributed by atoms with Crippen LogP contribution < -0.4 is 16.2 Å². The van der Waals surface area contributed by atoms with Crippen molar-refractivity contribution in [2.75, 3.05) is 11.9 Å². The Morgan fingerprint density at radius 3 is 2.30 bits per heavy atom. The number of pyridine rings is 1. The molecule has 0 saturated heterocycles. The largest absolute Gasteiger partial charge is 0.480 e. The molecule has 0 radical (unpaired) electrons. The Kier molecular flexibility index (Phi) is 6.48. The van der Waals surface area contributed by atoms with Crippen molar-refractivity contribution in [3.8, 4) is 0 Å². The fourth-order valence-corrected chi connectivity index (χ4v) is 2.45. The number of carboxylic acids is 1. The molecule has 1 heterocycles. The van der Waals surface area contributed by atoms with Crippen LogP contribution in [-0.2, 0) is 11.2 Å². The number of carbonyl (C=O) groups excluding carboxylic acids is 2. The molecule has 1 aromatic heterocycles. The molecule has 0 spiro atoms. The first-order chi connectivity index (χ1) is 12.7. The second-order valence-electron chi connectivity index (χ2n) is 6.46.